The van der Waals surface area contributed by atoms with Gasteiger partial charge in [-0.25, -0.2) is 0 Å². The van der Waals surface area contributed by atoms with Crippen molar-refractivity contribution in [3.8, 4) is 0 Å². The summed E-state index contributed by atoms with van der Waals surface area (Å²) in [5.74, 6) is 0. The molecule has 0 aliphatic carbocycles. The SMILES string of the molecule is FC(F)(F)c1[c]ccc(C=Cc2ccccc2)c1. The second-order valence-electron chi connectivity index (χ2n) is 3.78. The zero-order chi connectivity index (χ0) is 13.0. The summed E-state index contributed by atoms with van der Waals surface area (Å²) >= 11 is 0. The van der Waals surface area contributed by atoms with E-state index in [1.54, 1.807) is 18.2 Å². The van der Waals surface area contributed by atoms with Crippen molar-refractivity contribution in [2.24, 2.45) is 0 Å². The van der Waals surface area contributed by atoms with Gasteiger partial charge in [-0.05, 0) is 23.3 Å². The van der Waals surface area contributed by atoms with Crippen LogP contribution in [0.4, 0.5) is 13.2 Å². The van der Waals surface area contributed by atoms with Gasteiger partial charge in [0, 0.05) is 0 Å². The topological polar surface area (TPSA) is 0 Å². The second kappa shape index (κ2) is 5.08. The Morgan fingerprint density at radius 2 is 1.56 bits per heavy atom. The van der Waals surface area contributed by atoms with E-state index in [9.17, 15) is 13.2 Å². The Labute approximate surface area is 103 Å². The third-order valence-corrected chi connectivity index (χ3v) is 2.40. The van der Waals surface area contributed by atoms with Crippen LogP contribution < -0.4 is 0 Å². The van der Waals surface area contributed by atoms with Crippen LogP contribution in [0, 0.1) is 6.07 Å². The highest BCUT2D eigenvalue weighted by Crippen LogP contribution is 2.29. The zero-order valence-corrected chi connectivity index (χ0v) is 9.41. The summed E-state index contributed by atoms with van der Waals surface area (Å²) in [6.45, 7) is 0. The average molecular weight is 247 g/mol. The average Bonchev–Trinajstić information content (AvgIpc) is 2.37. The van der Waals surface area contributed by atoms with Gasteiger partial charge in [0.05, 0.1) is 5.56 Å². The molecule has 0 heterocycles. The third-order valence-electron chi connectivity index (χ3n) is 2.40. The molecule has 0 unspecified atom stereocenters. The van der Waals surface area contributed by atoms with Gasteiger partial charge in [-0.1, -0.05) is 54.6 Å². The van der Waals surface area contributed by atoms with Gasteiger partial charge in [0.2, 0.25) is 0 Å². The summed E-state index contributed by atoms with van der Waals surface area (Å²) in [5.41, 5.74) is 0.696. The molecule has 0 N–H and O–H groups in total. The minimum Gasteiger partial charge on any atom is -0.166 e. The molecule has 0 amide bonds. The van der Waals surface area contributed by atoms with E-state index in [0.29, 0.717) is 5.56 Å². The first-order valence-corrected chi connectivity index (χ1v) is 5.38. The first-order chi connectivity index (χ1) is 8.55. The van der Waals surface area contributed by atoms with Gasteiger partial charge in [0.25, 0.3) is 0 Å². The van der Waals surface area contributed by atoms with Crippen molar-refractivity contribution in [3.63, 3.8) is 0 Å². The van der Waals surface area contributed by atoms with Gasteiger partial charge in [-0.15, -0.1) is 0 Å². The minimum absolute atomic E-state index is 0.505. The lowest BCUT2D eigenvalue weighted by molar-refractivity contribution is -0.137. The molecule has 0 atom stereocenters. The van der Waals surface area contributed by atoms with E-state index in [1.165, 1.54) is 6.07 Å². The van der Waals surface area contributed by atoms with Crippen molar-refractivity contribution in [1.82, 2.24) is 0 Å². The number of hydrogen-bond donors (Lipinski definition) is 0. The molecule has 0 fully saturated rings. The smallest absolute Gasteiger partial charge is 0.166 e. The van der Waals surface area contributed by atoms with Crippen LogP contribution >= 0.6 is 0 Å². The lowest BCUT2D eigenvalue weighted by Gasteiger charge is -2.06. The van der Waals surface area contributed by atoms with Gasteiger partial charge in [0.15, 0.2) is 0 Å². The fourth-order valence-electron chi connectivity index (χ4n) is 1.51. The molecule has 0 aliphatic heterocycles. The molecule has 2 rings (SSSR count). The summed E-state index contributed by atoms with van der Waals surface area (Å²) in [5, 5.41) is 0. The molecular formula is C15H10F3. The largest absolute Gasteiger partial charge is 0.417 e. The van der Waals surface area contributed by atoms with Gasteiger partial charge >= 0.3 is 6.18 Å². The maximum Gasteiger partial charge on any atom is 0.417 e. The lowest BCUT2D eigenvalue weighted by atomic mass is 10.1. The summed E-state index contributed by atoms with van der Waals surface area (Å²) in [7, 11) is 0. The van der Waals surface area contributed by atoms with E-state index in [-0.39, 0.29) is 0 Å². The molecule has 0 aromatic heterocycles. The van der Waals surface area contributed by atoms with Crippen molar-refractivity contribution in [3.05, 3.63) is 71.3 Å². The Balaban J connectivity index is 2.23. The molecule has 18 heavy (non-hydrogen) atoms. The molecule has 2 aromatic carbocycles. The van der Waals surface area contributed by atoms with Gasteiger partial charge < -0.3 is 0 Å². The van der Waals surface area contributed by atoms with Crippen molar-refractivity contribution >= 4 is 12.2 Å². The maximum absolute atomic E-state index is 12.5. The van der Waals surface area contributed by atoms with Crippen LogP contribution in [0.1, 0.15) is 16.7 Å². The summed E-state index contributed by atoms with van der Waals surface area (Å²) in [4.78, 5) is 0. The Morgan fingerprint density at radius 1 is 0.889 bits per heavy atom. The van der Waals surface area contributed by atoms with Crippen LogP contribution in [0.3, 0.4) is 0 Å². The molecule has 0 aliphatic rings. The van der Waals surface area contributed by atoms with Gasteiger partial charge in [-0.2, -0.15) is 13.2 Å². The van der Waals surface area contributed by atoms with E-state index in [1.807, 2.05) is 30.3 Å². The Kier molecular flexibility index (Phi) is 3.51. The standard InChI is InChI=1S/C15H10F3/c16-15(17,18)14-8-4-7-13(11-14)10-9-12-5-2-1-3-6-12/h1-7,9-11H. The fraction of sp³-hybridized carbons (Fsp3) is 0.0667. The summed E-state index contributed by atoms with van der Waals surface area (Å²) in [6.07, 6.45) is -0.926. The third kappa shape index (κ3) is 3.23. The molecule has 1 radical (unpaired) electrons. The van der Waals surface area contributed by atoms with Crippen LogP contribution in [-0.4, -0.2) is 0 Å². The normalized spacial score (nSPS) is 11.9. The number of hydrogen-bond acceptors (Lipinski definition) is 0. The van der Waals surface area contributed by atoms with Crippen LogP contribution in [0.25, 0.3) is 12.2 Å². The highest BCUT2D eigenvalue weighted by molar-refractivity contribution is 5.69. The van der Waals surface area contributed by atoms with Crippen LogP contribution in [0.15, 0.2) is 48.5 Å². The van der Waals surface area contributed by atoms with Crippen LogP contribution in [-0.2, 0) is 6.18 Å². The maximum atomic E-state index is 12.5. The predicted octanol–water partition coefficient (Wildman–Crippen LogP) is 4.68. The van der Waals surface area contributed by atoms with Gasteiger partial charge in [0.1, 0.15) is 0 Å². The Bertz CT molecular complexity index is 539. The van der Waals surface area contributed by atoms with Crippen molar-refractivity contribution < 1.29 is 13.2 Å². The molecule has 0 bridgehead atoms. The minimum atomic E-state index is -4.35. The molecule has 0 saturated heterocycles. The highest BCUT2D eigenvalue weighted by Gasteiger charge is 2.30. The molecule has 0 spiro atoms. The quantitative estimate of drug-likeness (QED) is 0.676. The first kappa shape index (κ1) is 12.4. The van der Waals surface area contributed by atoms with E-state index in [0.717, 1.165) is 11.6 Å². The van der Waals surface area contributed by atoms with Crippen molar-refractivity contribution in [1.29, 1.82) is 0 Å². The van der Waals surface area contributed by atoms with E-state index < -0.39 is 11.7 Å². The van der Waals surface area contributed by atoms with Crippen LogP contribution in [0.2, 0.25) is 0 Å². The van der Waals surface area contributed by atoms with E-state index >= 15 is 0 Å². The highest BCUT2D eigenvalue weighted by atomic mass is 19.4. The molecule has 0 saturated carbocycles. The summed E-state index contributed by atoms with van der Waals surface area (Å²) in [6, 6.07) is 15.6. The Morgan fingerprint density at radius 3 is 2.22 bits per heavy atom. The number of rotatable bonds is 2. The van der Waals surface area contributed by atoms with Crippen molar-refractivity contribution in [2.75, 3.05) is 0 Å². The predicted molar refractivity (Wildman–Crippen MR) is 65.7 cm³/mol. The number of halogens is 3. The van der Waals surface area contributed by atoms with Crippen LogP contribution in [0.5, 0.6) is 0 Å². The zero-order valence-electron chi connectivity index (χ0n) is 9.41. The Hall–Kier alpha value is -2.03. The summed E-state index contributed by atoms with van der Waals surface area (Å²) < 4.78 is 37.4. The lowest BCUT2D eigenvalue weighted by Crippen LogP contribution is -2.04. The van der Waals surface area contributed by atoms with Gasteiger partial charge in [-0.3, -0.25) is 0 Å². The van der Waals surface area contributed by atoms with E-state index in [2.05, 4.69) is 6.07 Å². The molecular weight excluding hydrogens is 237 g/mol. The molecule has 2 aromatic rings. The number of alkyl halides is 3. The molecule has 3 heteroatoms. The first-order valence-electron chi connectivity index (χ1n) is 5.38. The van der Waals surface area contributed by atoms with Crippen molar-refractivity contribution in [2.45, 2.75) is 6.18 Å². The molecule has 91 valence electrons. The molecule has 0 nitrogen and oxygen atoms in total. The van der Waals surface area contributed by atoms with E-state index in [4.69, 9.17) is 0 Å². The second-order valence-corrected chi connectivity index (χ2v) is 3.78. The fourth-order valence-corrected chi connectivity index (χ4v) is 1.51. The monoisotopic (exact) mass is 247 g/mol. The number of benzene rings is 2.